The summed E-state index contributed by atoms with van der Waals surface area (Å²) in [4.78, 5) is 42.1. The fourth-order valence-electron chi connectivity index (χ4n) is 5.81. The molecule has 0 saturated carbocycles. The number of pyridine rings is 1. The first-order chi connectivity index (χ1) is 17.5. The van der Waals surface area contributed by atoms with E-state index in [0.29, 0.717) is 42.8 Å². The van der Waals surface area contributed by atoms with Crippen molar-refractivity contribution in [2.45, 2.75) is 30.4 Å². The molecule has 186 valence electrons. The summed E-state index contributed by atoms with van der Waals surface area (Å²) < 4.78 is 11.5. The van der Waals surface area contributed by atoms with E-state index in [1.54, 1.807) is 32.4 Å². The summed E-state index contributed by atoms with van der Waals surface area (Å²) in [5.74, 6) is 0.179. The third kappa shape index (κ3) is 3.97. The average molecular weight is 488 g/mol. The lowest BCUT2D eigenvalue weighted by Crippen LogP contribution is -2.51. The minimum atomic E-state index is -0.343. The highest BCUT2D eigenvalue weighted by Gasteiger charge is 2.54. The van der Waals surface area contributed by atoms with Crippen LogP contribution in [-0.4, -0.2) is 55.1 Å². The Hall–Kier alpha value is -3.91. The number of rotatable bonds is 5. The van der Waals surface area contributed by atoms with Crippen molar-refractivity contribution >= 4 is 11.8 Å². The molecule has 0 unspecified atom stereocenters. The quantitative estimate of drug-likeness (QED) is 0.576. The maximum Gasteiger partial charge on any atom is 0.255 e. The average Bonchev–Trinajstić information content (AvgIpc) is 3.17. The van der Waals surface area contributed by atoms with Crippen molar-refractivity contribution < 1.29 is 19.1 Å². The van der Waals surface area contributed by atoms with Crippen molar-refractivity contribution in [3.8, 4) is 5.75 Å². The molecule has 8 nitrogen and oxygen atoms in total. The Morgan fingerprint density at radius 3 is 2.42 bits per heavy atom. The van der Waals surface area contributed by atoms with Crippen LogP contribution in [0.1, 0.15) is 50.7 Å². The van der Waals surface area contributed by atoms with Gasteiger partial charge in [-0.25, -0.2) is 0 Å². The third-order valence-electron chi connectivity index (χ3n) is 7.55. The molecule has 0 radical (unpaired) electrons. The molecule has 1 aliphatic carbocycles. The number of nitrogens with zero attached hydrogens (tertiary/aromatic N) is 1. The van der Waals surface area contributed by atoms with E-state index in [2.05, 4.69) is 16.4 Å². The Labute approximate surface area is 209 Å². The molecule has 1 aliphatic heterocycles. The Bertz CT molecular complexity index is 1320. The second kappa shape index (κ2) is 9.62. The number of ether oxygens (including phenoxy) is 2. The summed E-state index contributed by atoms with van der Waals surface area (Å²) >= 11 is 0. The first-order valence-electron chi connectivity index (χ1n) is 12.0. The van der Waals surface area contributed by atoms with Crippen molar-refractivity contribution in [3.05, 3.63) is 99.5 Å². The van der Waals surface area contributed by atoms with Crippen LogP contribution in [0.5, 0.6) is 5.75 Å². The summed E-state index contributed by atoms with van der Waals surface area (Å²) in [5.41, 5.74) is 2.53. The van der Waals surface area contributed by atoms with Crippen LogP contribution in [0.15, 0.2) is 71.7 Å². The number of hydrogen-bond donors (Lipinski definition) is 2. The van der Waals surface area contributed by atoms with Gasteiger partial charge in [0.05, 0.1) is 30.4 Å². The molecular formula is C28H29N3O5. The predicted molar refractivity (Wildman–Crippen MR) is 134 cm³/mol. The summed E-state index contributed by atoms with van der Waals surface area (Å²) in [6, 6.07) is 17.9. The van der Waals surface area contributed by atoms with Gasteiger partial charge in [-0.05, 0) is 42.2 Å². The summed E-state index contributed by atoms with van der Waals surface area (Å²) in [7, 11) is 3.23. The number of aromatic nitrogens is 1. The second-order valence-corrected chi connectivity index (χ2v) is 9.28. The molecule has 1 saturated heterocycles. The fourth-order valence-corrected chi connectivity index (χ4v) is 5.81. The fraction of sp³-hybridized carbons (Fsp3) is 0.321. The lowest BCUT2D eigenvalue weighted by molar-refractivity contribution is -0.00931. The number of hydrogen-bond acceptors (Lipinski definition) is 5. The van der Waals surface area contributed by atoms with Gasteiger partial charge < -0.3 is 24.7 Å². The number of H-pyrrole nitrogens is 1. The first-order valence-corrected chi connectivity index (χ1v) is 12.0. The van der Waals surface area contributed by atoms with Crippen molar-refractivity contribution in [3.63, 3.8) is 0 Å². The molecule has 2 heterocycles. The zero-order chi connectivity index (χ0) is 25.3. The number of para-hydroxylation sites is 1. The molecular weight excluding hydrogens is 458 g/mol. The Morgan fingerprint density at radius 1 is 1.00 bits per heavy atom. The van der Waals surface area contributed by atoms with Gasteiger partial charge in [-0.3, -0.25) is 14.4 Å². The topological polar surface area (TPSA) is 101 Å². The van der Waals surface area contributed by atoms with Gasteiger partial charge in [0.1, 0.15) is 5.75 Å². The van der Waals surface area contributed by atoms with E-state index in [9.17, 15) is 14.4 Å². The first kappa shape index (κ1) is 23.8. The third-order valence-corrected chi connectivity index (χ3v) is 7.55. The number of aromatic amines is 1. The monoisotopic (exact) mass is 487 g/mol. The van der Waals surface area contributed by atoms with Crippen LogP contribution >= 0.6 is 0 Å². The van der Waals surface area contributed by atoms with Crippen LogP contribution in [0, 0.1) is 0 Å². The number of likely N-dealkylation sites (tertiary alicyclic amines) is 1. The minimum Gasteiger partial charge on any atom is -0.496 e. The maximum absolute atomic E-state index is 13.3. The van der Waals surface area contributed by atoms with Crippen molar-refractivity contribution in [2.75, 3.05) is 27.3 Å². The second-order valence-electron chi connectivity index (χ2n) is 9.28. The summed E-state index contributed by atoms with van der Waals surface area (Å²) in [6.07, 6.45) is 2.55. The van der Waals surface area contributed by atoms with E-state index in [-0.39, 0.29) is 34.9 Å². The van der Waals surface area contributed by atoms with E-state index in [1.165, 1.54) is 12.3 Å². The van der Waals surface area contributed by atoms with Gasteiger partial charge in [0.15, 0.2) is 0 Å². The van der Waals surface area contributed by atoms with Crippen LogP contribution < -0.4 is 15.6 Å². The molecule has 2 N–H and O–H groups in total. The van der Waals surface area contributed by atoms with E-state index in [4.69, 9.17) is 9.47 Å². The molecule has 5 rings (SSSR count). The van der Waals surface area contributed by atoms with Gasteiger partial charge in [0.25, 0.3) is 11.8 Å². The van der Waals surface area contributed by atoms with Crippen molar-refractivity contribution in [1.29, 1.82) is 0 Å². The number of fused-ring (bicyclic) bond motifs is 2. The zero-order valence-electron chi connectivity index (χ0n) is 20.3. The maximum atomic E-state index is 13.3. The largest absolute Gasteiger partial charge is 0.496 e. The Balaban J connectivity index is 1.41. The molecule has 8 heteroatoms. The zero-order valence-corrected chi connectivity index (χ0v) is 20.3. The molecule has 3 aromatic rings. The van der Waals surface area contributed by atoms with Crippen LogP contribution in [-0.2, 0) is 10.2 Å². The van der Waals surface area contributed by atoms with Crippen LogP contribution in [0.3, 0.4) is 0 Å². The highest BCUT2D eigenvalue weighted by Crippen LogP contribution is 2.52. The molecule has 1 spiro atoms. The summed E-state index contributed by atoms with van der Waals surface area (Å²) in [5, 5.41) is 3.21. The van der Waals surface area contributed by atoms with Crippen molar-refractivity contribution in [1.82, 2.24) is 15.2 Å². The Morgan fingerprint density at radius 2 is 1.72 bits per heavy atom. The number of piperidine rings is 1. The lowest BCUT2D eigenvalue weighted by Gasteiger charge is -2.44. The molecule has 2 amide bonds. The van der Waals surface area contributed by atoms with Gasteiger partial charge in [-0.2, -0.15) is 0 Å². The van der Waals surface area contributed by atoms with Gasteiger partial charge in [0, 0.05) is 37.9 Å². The molecule has 36 heavy (non-hydrogen) atoms. The molecule has 2 aliphatic rings. The SMILES string of the molecule is COc1ccccc1C(=O)N[C@@H]1c2ccccc2C2(CCN(C(=O)c3ccc(=O)[nH]c3)CC2)[C@H]1OC. The molecule has 1 fully saturated rings. The van der Waals surface area contributed by atoms with Crippen LogP contribution in [0.25, 0.3) is 0 Å². The van der Waals surface area contributed by atoms with E-state index in [0.717, 1.165) is 11.1 Å². The highest BCUT2D eigenvalue weighted by molar-refractivity contribution is 5.97. The molecule has 1 aromatic heterocycles. The van der Waals surface area contributed by atoms with Crippen molar-refractivity contribution in [2.24, 2.45) is 0 Å². The predicted octanol–water partition coefficient (Wildman–Crippen LogP) is 3.06. The molecule has 2 aromatic carbocycles. The normalized spacial score (nSPS) is 20.1. The van der Waals surface area contributed by atoms with E-state index in [1.807, 2.05) is 35.2 Å². The van der Waals surface area contributed by atoms with Crippen LogP contribution in [0.4, 0.5) is 0 Å². The summed E-state index contributed by atoms with van der Waals surface area (Å²) in [6.45, 7) is 1.08. The Kier molecular flexibility index (Phi) is 6.36. The molecule has 0 bridgehead atoms. The highest BCUT2D eigenvalue weighted by atomic mass is 16.5. The number of benzene rings is 2. The van der Waals surface area contributed by atoms with Gasteiger partial charge >= 0.3 is 0 Å². The number of amides is 2. The van der Waals surface area contributed by atoms with Gasteiger partial charge in [-0.1, -0.05) is 36.4 Å². The molecule has 2 atom stereocenters. The van der Waals surface area contributed by atoms with E-state index >= 15 is 0 Å². The van der Waals surface area contributed by atoms with E-state index < -0.39 is 0 Å². The number of nitrogens with one attached hydrogen (secondary N) is 2. The smallest absolute Gasteiger partial charge is 0.255 e. The van der Waals surface area contributed by atoms with Gasteiger partial charge in [-0.15, -0.1) is 0 Å². The van der Waals surface area contributed by atoms with Crippen LogP contribution in [0.2, 0.25) is 0 Å². The number of carbonyl (C=O) groups excluding carboxylic acids is 2. The number of carbonyl (C=O) groups is 2. The minimum absolute atomic E-state index is 0.109. The van der Waals surface area contributed by atoms with Gasteiger partial charge in [0.2, 0.25) is 5.56 Å². The lowest BCUT2D eigenvalue weighted by atomic mass is 9.71. The standard InChI is InChI=1S/C28H29N3O5/c1-35-22-10-6-4-8-20(22)26(33)30-24-19-7-3-5-9-21(19)28(25(24)36-2)13-15-31(16-14-28)27(34)18-11-12-23(32)29-17-18/h3-12,17,24-25H,13-16H2,1-2H3,(H,29,32)(H,30,33)/t24-,25+/m1/s1. The number of methoxy groups -OCH3 is 2.